The van der Waals surface area contributed by atoms with E-state index < -0.39 is 0 Å². The number of hydrogen-bond acceptors (Lipinski definition) is 2. The van der Waals surface area contributed by atoms with Gasteiger partial charge in [0, 0.05) is 11.7 Å². The van der Waals surface area contributed by atoms with E-state index in [1.165, 1.54) is 6.07 Å². The molecule has 0 spiro atoms. The molecule has 0 fully saturated rings. The van der Waals surface area contributed by atoms with Crippen molar-refractivity contribution in [3.63, 3.8) is 0 Å². The third-order valence-corrected chi connectivity index (χ3v) is 2.76. The smallest absolute Gasteiger partial charge is 0.139 e. The molecule has 0 bridgehead atoms. The third kappa shape index (κ3) is 3.52. The van der Waals surface area contributed by atoms with Crippen LogP contribution < -0.4 is 5.32 Å². The second kappa shape index (κ2) is 5.72. The minimum Gasteiger partial charge on any atom is -0.381 e. The van der Waals surface area contributed by atoms with Gasteiger partial charge in [-0.05, 0) is 40.5 Å². The molecule has 1 unspecified atom stereocenters. The second-order valence-corrected chi connectivity index (χ2v) is 4.09. The van der Waals surface area contributed by atoms with Gasteiger partial charge in [0.15, 0.2) is 0 Å². The Hall–Kier alpha value is -1.08. The standard InChI is InChI=1S/C11H12BrFN2/c1-2-8(5-6-14)15-9-3-4-10(12)11(13)7-9/h3-4,7-8,15H,2,5H2,1H3. The lowest BCUT2D eigenvalue weighted by molar-refractivity contribution is 0.620. The van der Waals surface area contributed by atoms with E-state index in [1.807, 2.05) is 6.92 Å². The van der Waals surface area contributed by atoms with Crippen molar-refractivity contribution < 1.29 is 4.39 Å². The third-order valence-electron chi connectivity index (χ3n) is 2.12. The fraction of sp³-hybridized carbons (Fsp3) is 0.364. The van der Waals surface area contributed by atoms with E-state index in [9.17, 15) is 4.39 Å². The van der Waals surface area contributed by atoms with E-state index in [1.54, 1.807) is 12.1 Å². The summed E-state index contributed by atoms with van der Waals surface area (Å²) in [6, 6.07) is 7.03. The molecule has 1 rings (SSSR count). The van der Waals surface area contributed by atoms with Crippen molar-refractivity contribution >= 4 is 21.6 Å². The highest BCUT2D eigenvalue weighted by atomic mass is 79.9. The highest BCUT2D eigenvalue weighted by Crippen LogP contribution is 2.20. The fourth-order valence-electron chi connectivity index (χ4n) is 1.23. The zero-order valence-corrected chi connectivity index (χ0v) is 10.0. The van der Waals surface area contributed by atoms with E-state index >= 15 is 0 Å². The van der Waals surface area contributed by atoms with Gasteiger partial charge in [-0.2, -0.15) is 5.26 Å². The summed E-state index contributed by atoms with van der Waals surface area (Å²) in [5.74, 6) is -0.299. The van der Waals surface area contributed by atoms with E-state index in [2.05, 4.69) is 27.3 Å². The van der Waals surface area contributed by atoms with E-state index in [-0.39, 0.29) is 11.9 Å². The normalized spacial score (nSPS) is 11.9. The van der Waals surface area contributed by atoms with Crippen molar-refractivity contribution in [1.82, 2.24) is 0 Å². The van der Waals surface area contributed by atoms with Gasteiger partial charge in [-0.25, -0.2) is 4.39 Å². The minimum atomic E-state index is -0.299. The molecule has 0 radical (unpaired) electrons. The van der Waals surface area contributed by atoms with Crippen molar-refractivity contribution in [2.75, 3.05) is 5.32 Å². The molecule has 0 aliphatic rings. The maximum atomic E-state index is 13.2. The van der Waals surface area contributed by atoms with Gasteiger partial charge >= 0.3 is 0 Å². The van der Waals surface area contributed by atoms with Crippen LogP contribution in [0.1, 0.15) is 19.8 Å². The van der Waals surface area contributed by atoms with Crippen LogP contribution in [0.2, 0.25) is 0 Å². The number of nitriles is 1. The molecule has 0 aliphatic carbocycles. The lowest BCUT2D eigenvalue weighted by atomic mass is 10.1. The number of halogens is 2. The summed E-state index contributed by atoms with van der Waals surface area (Å²) >= 11 is 3.09. The monoisotopic (exact) mass is 270 g/mol. The molecule has 0 saturated heterocycles. The van der Waals surface area contributed by atoms with Gasteiger partial charge in [0.05, 0.1) is 17.0 Å². The quantitative estimate of drug-likeness (QED) is 0.906. The molecular formula is C11H12BrFN2. The maximum absolute atomic E-state index is 13.2. The van der Waals surface area contributed by atoms with Crippen molar-refractivity contribution in [2.24, 2.45) is 0 Å². The molecule has 1 N–H and O–H groups in total. The van der Waals surface area contributed by atoms with Crippen LogP contribution in [-0.4, -0.2) is 6.04 Å². The maximum Gasteiger partial charge on any atom is 0.139 e. The first-order valence-corrected chi connectivity index (χ1v) is 5.55. The van der Waals surface area contributed by atoms with Crippen LogP contribution in [0.3, 0.4) is 0 Å². The number of anilines is 1. The van der Waals surface area contributed by atoms with Crippen molar-refractivity contribution in [3.05, 3.63) is 28.5 Å². The first kappa shape index (κ1) is 12.0. The summed E-state index contributed by atoms with van der Waals surface area (Å²) in [6.45, 7) is 1.99. The Kier molecular flexibility index (Phi) is 4.57. The molecule has 15 heavy (non-hydrogen) atoms. The minimum absolute atomic E-state index is 0.0792. The van der Waals surface area contributed by atoms with Crippen LogP contribution in [0.5, 0.6) is 0 Å². The fourth-order valence-corrected chi connectivity index (χ4v) is 1.48. The predicted octanol–water partition coefficient (Wildman–Crippen LogP) is 3.69. The zero-order valence-electron chi connectivity index (χ0n) is 8.43. The predicted molar refractivity (Wildman–Crippen MR) is 62.0 cm³/mol. The molecule has 0 aromatic heterocycles. The Labute approximate surface area is 97.2 Å². The summed E-state index contributed by atoms with van der Waals surface area (Å²) in [6.07, 6.45) is 1.26. The molecule has 0 saturated carbocycles. The Balaban J connectivity index is 2.71. The van der Waals surface area contributed by atoms with Crippen molar-refractivity contribution in [1.29, 1.82) is 5.26 Å². The topological polar surface area (TPSA) is 35.8 Å². The Bertz CT molecular complexity index is 373. The number of nitrogens with one attached hydrogen (secondary N) is 1. The van der Waals surface area contributed by atoms with Crippen molar-refractivity contribution in [3.8, 4) is 6.07 Å². The first-order chi connectivity index (χ1) is 7.17. The zero-order chi connectivity index (χ0) is 11.3. The summed E-state index contributed by atoms with van der Waals surface area (Å²) in [5, 5.41) is 11.7. The van der Waals surface area contributed by atoms with Crippen LogP contribution in [0.4, 0.5) is 10.1 Å². The lowest BCUT2D eigenvalue weighted by Crippen LogP contribution is -2.17. The number of rotatable bonds is 4. The SMILES string of the molecule is CCC(CC#N)Nc1ccc(Br)c(F)c1. The molecule has 0 aliphatic heterocycles. The van der Waals surface area contributed by atoms with Crippen LogP contribution in [0, 0.1) is 17.1 Å². The van der Waals surface area contributed by atoms with Gasteiger partial charge in [0.2, 0.25) is 0 Å². The van der Waals surface area contributed by atoms with E-state index in [4.69, 9.17) is 5.26 Å². The lowest BCUT2D eigenvalue weighted by Gasteiger charge is -2.15. The molecule has 4 heteroatoms. The Morgan fingerprint density at radius 1 is 1.60 bits per heavy atom. The number of hydrogen-bond donors (Lipinski definition) is 1. The Morgan fingerprint density at radius 2 is 2.33 bits per heavy atom. The first-order valence-electron chi connectivity index (χ1n) is 4.76. The van der Waals surface area contributed by atoms with Crippen molar-refractivity contribution in [2.45, 2.75) is 25.8 Å². The summed E-state index contributed by atoms with van der Waals surface area (Å²) < 4.78 is 13.6. The van der Waals surface area contributed by atoms with Crippen LogP contribution in [-0.2, 0) is 0 Å². The molecule has 1 aromatic carbocycles. The second-order valence-electron chi connectivity index (χ2n) is 3.24. The summed E-state index contributed by atoms with van der Waals surface area (Å²) in [7, 11) is 0. The van der Waals surface area contributed by atoms with Gasteiger partial charge < -0.3 is 5.32 Å². The molecular weight excluding hydrogens is 259 g/mol. The summed E-state index contributed by atoms with van der Waals surface area (Å²) in [5.41, 5.74) is 0.706. The van der Waals surface area contributed by atoms with E-state index in [0.717, 1.165) is 6.42 Å². The number of benzene rings is 1. The van der Waals surface area contributed by atoms with E-state index in [0.29, 0.717) is 16.6 Å². The molecule has 0 amide bonds. The average molecular weight is 271 g/mol. The summed E-state index contributed by atoms with van der Waals surface area (Å²) in [4.78, 5) is 0. The van der Waals surface area contributed by atoms with Gasteiger partial charge in [0.1, 0.15) is 5.82 Å². The number of nitrogens with zero attached hydrogens (tertiary/aromatic N) is 1. The Morgan fingerprint density at radius 3 is 2.87 bits per heavy atom. The molecule has 0 heterocycles. The van der Waals surface area contributed by atoms with Crippen LogP contribution in [0.25, 0.3) is 0 Å². The highest BCUT2D eigenvalue weighted by molar-refractivity contribution is 9.10. The van der Waals surface area contributed by atoms with Gasteiger partial charge in [-0.15, -0.1) is 0 Å². The molecule has 1 aromatic rings. The molecule has 1 atom stereocenters. The molecule has 80 valence electrons. The van der Waals surface area contributed by atoms with Gasteiger partial charge in [-0.1, -0.05) is 6.92 Å². The average Bonchev–Trinajstić information content (AvgIpc) is 2.23. The molecule has 2 nitrogen and oxygen atoms in total. The van der Waals surface area contributed by atoms with Gasteiger partial charge in [0.25, 0.3) is 0 Å². The van der Waals surface area contributed by atoms with Crippen LogP contribution in [0.15, 0.2) is 22.7 Å². The van der Waals surface area contributed by atoms with Crippen LogP contribution >= 0.6 is 15.9 Å². The van der Waals surface area contributed by atoms with Gasteiger partial charge in [-0.3, -0.25) is 0 Å². The largest absolute Gasteiger partial charge is 0.381 e. The highest BCUT2D eigenvalue weighted by Gasteiger charge is 2.06.